The first kappa shape index (κ1) is 17.2. The molecule has 1 heterocycles. The molecular weight excluding hydrogens is 404 g/mol. The van der Waals surface area contributed by atoms with Gasteiger partial charge in [-0.15, -0.1) is 0 Å². The Kier molecular flexibility index (Phi) is 5.38. The highest BCUT2D eigenvalue weighted by Crippen LogP contribution is 2.32. The minimum absolute atomic E-state index is 0.0652. The summed E-state index contributed by atoms with van der Waals surface area (Å²) in [5, 5.41) is 3.24. The molecule has 1 aliphatic heterocycles. The fourth-order valence-corrected chi connectivity index (χ4v) is 3.90. The third kappa shape index (κ3) is 4.06. The molecule has 6 heteroatoms. The summed E-state index contributed by atoms with van der Waals surface area (Å²) in [7, 11) is 0. The van der Waals surface area contributed by atoms with Crippen molar-refractivity contribution >= 4 is 61.9 Å². The summed E-state index contributed by atoms with van der Waals surface area (Å²) in [5.74, 6) is -0.0652. The zero-order valence-corrected chi connectivity index (χ0v) is 16.2. The van der Waals surface area contributed by atoms with E-state index in [9.17, 15) is 4.79 Å². The van der Waals surface area contributed by atoms with Gasteiger partial charge in [0.25, 0.3) is 5.91 Å². The lowest BCUT2D eigenvalue weighted by molar-refractivity contribution is -0.121. The number of benzene rings is 2. The molecule has 0 bridgehead atoms. The molecule has 24 heavy (non-hydrogen) atoms. The van der Waals surface area contributed by atoms with E-state index in [0.717, 1.165) is 15.7 Å². The third-order valence-corrected chi connectivity index (χ3v) is 5.38. The van der Waals surface area contributed by atoms with Crippen molar-refractivity contribution in [3.63, 3.8) is 0 Å². The van der Waals surface area contributed by atoms with Crippen molar-refractivity contribution in [3.05, 3.63) is 69.0 Å². The minimum atomic E-state index is -0.0652. The number of anilines is 1. The average Bonchev–Trinajstić information content (AvgIpc) is 2.81. The topological polar surface area (TPSA) is 32.3 Å². The van der Waals surface area contributed by atoms with Crippen molar-refractivity contribution in [3.8, 4) is 0 Å². The van der Waals surface area contributed by atoms with Crippen LogP contribution in [0.3, 0.4) is 0 Å². The number of thiocarbonyl (C=S) groups is 1. The second-order valence-electron chi connectivity index (χ2n) is 5.37. The SMILES string of the molecule is Cc1ccc(NCN2C(=O)/C(=C\c3cccc(Br)c3)SC2=S)cc1. The van der Waals surface area contributed by atoms with E-state index >= 15 is 0 Å². The Balaban J connectivity index is 1.71. The summed E-state index contributed by atoms with van der Waals surface area (Å²) in [4.78, 5) is 14.8. The van der Waals surface area contributed by atoms with Crippen LogP contribution < -0.4 is 5.32 Å². The second-order valence-corrected chi connectivity index (χ2v) is 7.96. The van der Waals surface area contributed by atoms with E-state index < -0.39 is 0 Å². The van der Waals surface area contributed by atoms with Crippen molar-refractivity contribution in [1.29, 1.82) is 0 Å². The lowest BCUT2D eigenvalue weighted by Gasteiger charge is -2.16. The molecule has 0 atom stereocenters. The van der Waals surface area contributed by atoms with Crippen molar-refractivity contribution in [2.45, 2.75) is 6.92 Å². The zero-order valence-electron chi connectivity index (χ0n) is 13.0. The lowest BCUT2D eigenvalue weighted by Crippen LogP contribution is -2.33. The molecule has 0 spiro atoms. The molecule has 1 fully saturated rings. The molecule has 0 radical (unpaired) electrons. The number of halogens is 1. The van der Waals surface area contributed by atoms with Gasteiger partial charge < -0.3 is 5.32 Å². The van der Waals surface area contributed by atoms with Crippen LogP contribution in [0.1, 0.15) is 11.1 Å². The Morgan fingerprint density at radius 1 is 1.25 bits per heavy atom. The van der Waals surface area contributed by atoms with E-state index in [1.54, 1.807) is 4.90 Å². The molecular formula is C18H15BrN2OS2. The van der Waals surface area contributed by atoms with Gasteiger partial charge in [-0.2, -0.15) is 0 Å². The number of carbonyl (C=O) groups is 1. The molecule has 0 aliphatic carbocycles. The number of nitrogens with one attached hydrogen (secondary N) is 1. The van der Waals surface area contributed by atoms with Gasteiger partial charge in [-0.1, -0.05) is 69.7 Å². The molecule has 122 valence electrons. The van der Waals surface area contributed by atoms with Crippen LogP contribution >= 0.6 is 39.9 Å². The van der Waals surface area contributed by atoms with Crippen LogP contribution in [0.15, 0.2) is 57.9 Å². The van der Waals surface area contributed by atoms with Gasteiger partial charge in [0, 0.05) is 10.2 Å². The molecule has 0 saturated carbocycles. The average molecular weight is 419 g/mol. The normalized spacial score (nSPS) is 16.1. The van der Waals surface area contributed by atoms with Crippen molar-refractivity contribution in [1.82, 2.24) is 4.90 Å². The van der Waals surface area contributed by atoms with E-state index in [1.165, 1.54) is 17.3 Å². The largest absolute Gasteiger partial charge is 0.367 e. The molecule has 2 aromatic carbocycles. The molecule has 1 aliphatic rings. The van der Waals surface area contributed by atoms with Gasteiger partial charge in [-0.05, 0) is 42.8 Å². The maximum atomic E-state index is 12.6. The van der Waals surface area contributed by atoms with Gasteiger partial charge in [-0.3, -0.25) is 9.69 Å². The number of nitrogens with zero attached hydrogens (tertiary/aromatic N) is 1. The zero-order chi connectivity index (χ0) is 17.1. The van der Waals surface area contributed by atoms with Gasteiger partial charge in [-0.25, -0.2) is 0 Å². The first-order valence-electron chi connectivity index (χ1n) is 7.34. The summed E-state index contributed by atoms with van der Waals surface area (Å²) < 4.78 is 1.55. The predicted octanol–water partition coefficient (Wildman–Crippen LogP) is 5.03. The van der Waals surface area contributed by atoms with Gasteiger partial charge >= 0.3 is 0 Å². The van der Waals surface area contributed by atoms with Crippen molar-refractivity contribution < 1.29 is 4.79 Å². The van der Waals surface area contributed by atoms with Crippen LogP contribution in [-0.2, 0) is 4.79 Å². The fraction of sp³-hybridized carbons (Fsp3) is 0.111. The smallest absolute Gasteiger partial charge is 0.267 e. The monoisotopic (exact) mass is 418 g/mol. The van der Waals surface area contributed by atoms with Gasteiger partial charge in [0.2, 0.25) is 0 Å². The summed E-state index contributed by atoms with van der Waals surface area (Å²) in [6, 6.07) is 15.9. The number of carbonyl (C=O) groups excluding carboxylic acids is 1. The first-order chi connectivity index (χ1) is 11.5. The van der Waals surface area contributed by atoms with Gasteiger partial charge in [0.05, 0.1) is 11.6 Å². The molecule has 1 saturated heterocycles. The highest BCUT2D eigenvalue weighted by atomic mass is 79.9. The fourth-order valence-electron chi connectivity index (χ4n) is 2.23. The Hall–Kier alpha value is -1.63. The second kappa shape index (κ2) is 7.51. The summed E-state index contributed by atoms with van der Waals surface area (Å²) in [6.45, 7) is 2.40. The van der Waals surface area contributed by atoms with E-state index in [0.29, 0.717) is 15.9 Å². The Morgan fingerprint density at radius 2 is 2.00 bits per heavy atom. The van der Waals surface area contributed by atoms with Gasteiger partial charge in [0.1, 0.15) is 4.32 Å². The van der Waals surface area contributed by atoms with Crippen LogP contribution in [0.2, 0.25) is 0 Å². The number of aryl methyl sites for hydroxylation is 1. The Labute approximate surface area is 159 Å². The Morgan fingerprint density at radius 3 is 2.71 bits per heavy atom. The standard InChI is InChI=1S/C18H15BrN2OS2/c1-12-5-7-15(8-6-12)20-11-21-17(22)16(24-18(21)23)10-13-3-2-4-14(19)9-13/h2-10,20H,11H2,1H3/b16-10+. The third-order valence-electron chi connectivity index (χ3n) is 3.51. The van der Waals surface area contributed by atoms with Crippen LogP contribution in [0, 0.1) is 6.92 Å². The number of hydrogen-bond acceptors (Lipinski definition) is 4. The van der Waals surface area contributed by atoms with Crippen LogP contribution in [0.5, 0.6) is 0 Å². The van der Waals surface area contributed by atoms with E-state index in [-0.39, 0.29) is 5.91 Å². The van der Waals surface area contributed by atoms with Gasteiger partial charge in [0.15, 0.2) is 0 Å². The van der Waals surface area contributed by atoms with E-state index in [2.05, 4.69) is 21.2 Å². The number of amides is 1. The quantitative estimate of drug-likeness (QED) is 0.557. The first-order valence-corrected chi connectivity index (χ1v) is 9.36. The molecule has 1 amide bonds. The molecule has 2 aromatic rings. The Bertz CT molecular complexity index is 818. The van der Waals surface area contributed by atoms with E-state index in [4.69, 9.17) is 12.2 Å². The summed E-state index contributed by atoms with van der Waals surface area (Å²) in [5.41, 5.74) is 3.13. The number of thioether (sulfide) groups is 1. The van der Waals surface area contributed by atoms with Crippen LogP contribution in [0.25, 0.3) is 6.08 Å². The highest BCUT2D eigenvalue weighted by molar-refractivity contribution is 9.10. The summed E-state index contributed by atoms with van der Waals surface area (Å²) in [6.07, 6.45) is 1.87. The minimum Gasteiger partial charge on any atom is -0.367 e. The van der Waals surface area contributed by atoms with Crippen LogP contribution in [0.4, 0.5) is 5.69 Å². The van der Waals surface area contributed by atoms with Crippen molar-refractivity contribution in [2.24, 2.45) is 0 Å². The van der Waals surface area contributed by atoms with Crippen LogP contribution in [-0.4, -0.2) is 21.8 Å². The van der Waals surface area contributed by atoms with Crippen molar-refractivity contribution in [2.75, 3.05) is 12.0 Å². The molecule has 3 rings (SSSR count). The number of rotatable bonds is 4. The highest BCUT2D eigenvalue weighted by Gasteiger charge is 2.31. The number of hydrogen-bond donors (Lipinski definition) is 1. The predicted molar refractivity (Wildman–Crippen MR) is 109 cm³/mol. The summed E-state index contributed by atoms with van der Waals surface area (Å²) >= 11 is 10.1. The molecule has 0 unspecified atom stereocenters. The molecule has 1 N–H and O–H groups in total. The maximum Gasteiger partial charge on any atom is 0.267 e. The maximum absolute atomic E-state index is 12.6. The van der Waals surface area contributed by atoms with E-state index in [1.807, 2.05) is 61.5 Å². The lowest BCUT2D eigenvalue weighted by atomic mass is 10.2. The molecule has 3 nitrogen and oxygen atoms in total. The molecule has 0 aromatic heterocycles.